The van der Waals surface area contributed by atoms with Crippen molar-refractivity contribution in [3.8, 4) is 5.75 Å². The number of ketones is 1. The van der Waals surface area contributed by atoms with Gasteiger partial charge in [0, 0.05) is 12.7 Å². The van der Waals surface area contributed by atoms with Gasteiger partial charge < -0.3 is 15.5 Å². The van der Waals surface area contributed by atoms with Crippen LogP contribution in [0.4, 0.5) is 4.39 Å². The van der Waals surface area contributed by atoms with Gasteiger partial charge in [0.05, 0.1) is 22.9 Å². The SMILES string of the molecule is CCCCC(=O)c1ccc(CC(=O)NC(CF)C(O)c2ccc(S(C)(=O)=O)cc2)cc1O. The average molecular weight is 466 g/mol. The molecule has 0 aliphatic heterocycles. The molecule has 2 aromatic carbocycles. The van der Waals surface area contributed by atoms with Crippen LogP contribution < -0.4 is 5.32 Å². The molecule has 0 saturated heterocycles. The highest BCUT2D eigenvalue weighted by Gasteiger charge is 2.24. The van der Waals surface area contributed by atoms with Gasteiger partial charge in [-0.2, -0.15) is 0 Å². The molecule has 174 valence electrons. The molecule has 0 saturated carbocycles. The Morgan fingerprint density at radius 2 is 1.78 bits per heavy atom. The van der Waals surface area contributed by atoms with E-state index in [1.807, 2.05) is 6.92 Å². The Bertz CT molecular complexity index is 1050. The Labute approximate surface area is 187 Å². The fraction of sp³-hybridized carbons (Fsp3) is 0.391. The smallest absolute Gasteiger partial charge is 0.224 e. The Morgan fingerprint density at radius 1 is 1.12 bits per heavy atom. The highest BCUT2D eigenvalue weighted by Crippen LogP contribution is 2.23. The summed E-state index contributed by atoms with van der Waals surface area (Å²) in [5, 5.41) is 23.0. The molecule has 2 unspecified atom stereocenters. The van der Waals surface area contributed by atoms with Crippen LogP contribution in [0.5, 0.6) is 5.75 Å². The first-order chi connectivity index (χ1) is 15.1. The number of amides is 1. The molecular weight excluding hydrogens is 437 g/mol. The van der Waals surface area contributed by atoms with E-state index >= 15 is 0 Å². The quantitative estimate of drug-likeness (QED) is 0.439. The number of aromatic hydroxyl groups is 1. The maximum absolute atomic E-state index is 13.5. The molecule has 2 aromatic rings. The van der Waals surface area contributed by atoms with Gasteiger partial charge in [-0.1, -0.05) is 31.5 Å². The Kier molecular flexibility index (Phi) is 8.91. The topological polar surface area (TPSA) is 121 Å². The number of carbonyl (C=O) groups is 2. The van der Waals surface area contributed by atoms with E-state index in [9.17, 15) is 32.6 Å². The predicted octanol–water partition coefficient (Wildman–Crippen LogP) is 2.90. The number of nitrogens with one attached hydrogen (secondary N) is 1. The lowest BCUT2D eigenvalue weighted by Crippen LogP contribution is -2.41. The van der Waals surface area contributed by atoms with Gasteiger partial charge in [-0.3, -0.25) is 9.59 Å². The number of alkyl halides is 1. The van der Waals surface area contributed by atoms with Gasteiger partial charge >= 0.3 is 0 Å². The summed E-state index contributed by atoms with van der Waals surface area (Å²) >= 11 is 0. The van der Waals surface area contributed by atoms with Crippen LogP contribution in [0.1, 0.15) is 53.8 Å². The van der Waals surface area contributed by atoms with Gasteiger partial charge in [0.25, 0.3) is 0 Å². The van der Waals surface area contributed by atoms with Gasteiger partial charge in [-0.15, -0.1) is 0 Å². The summed E-state index contributed by atoms with van der Waals surface area (Å²) in [5.74, 6) is -0.976. The van der Waals surface area contributed by atoms with Gasteiger partial charge in [-0.25, -0.2) is 12.8 Å². The number of halogens is 1. The fourth-order valence-corrected chi connectivity index (χ4v) is 3.82. The van der Waals surface area contributed by atoms with Gasteiger partial charge in [0.2, 0.25) is 5.91 Å². The van der Waals surface area contributed by atoms with Crippen LogP contribution in [0.2, 0.25) is 0 Å². The Hall–Kier alpha value is -2.78. The summed E-state index contributed by atoms with van der Waals surface area (Å²) < 4.78 is 36.6. The Balaban J connectivity index is 2.04. The van der Waals surface area contributed by atoms with Crippen LogP contribution in [0.25, 0.3) is 0 Å². The minimum Gasteiger partial charge on any atom is -0.507 e. The van der Waals surface area contributed by atoms with Crippen LogP contribution in [0, 0.1) is 0 Å². The zero-order valence-corrected chi connectivity index (χ0v) is 18.9. The first-order valence-electron chi connectivity index (χ1n) is 10.2. The number of Topliss-reactive ketones (excluding diaryl/α,β-unsaturated/α-hetero) is 1. The second kappa shape index (κ2) is 11.2. The summed E-state index contributed by atoms with van der Waals surface area (Å²) in [7, 11) is -3.41. The largest absolute Gasteiger partial charge is 0.507 e. The van der Waals surface area contributed by atoms with Crippen molar-refractivity contribution < 1.29 is 32.6 Å². The molecule has 0 spiro atoms. The minimum atomic E-state index is -3.41. The molecule has 0 heterocycles. The molecular formula is C23H28FNO6S. The number of phenols is 1. The normalized spacial score (nSPS) is 13.4. The van der Waals surface area contributed by atoms with Crippen molar-refractivity contribution in [2.24, 2.45) is 0 Å². The number of benzene rings is 2. The highest BCUT2D eigenvalue weighted by molar-refractivity contribution is 7.90. The summed E-state index contributed by atoms with van der Waals surface area (Å²) in [6, 6.07) is 8.42. The number of carbonyl (C=O) groups excluding carboxylic acids is 2. The predicted molar refractivity (Wildman–Crippen MR) is 118 cm³/mol. The van der Waals surface area contributed by atoms with Crippen LogP contribution >= 0.6 is 0 Å². The fourth-order valence-electron chi connectivity index (χ4n) is 3.18. The molecule has 2 rings (SSSR count). The van der Waals surface area contributed by atoms with Crippen molar-refractivity contribution in [3.05, 3.63) is 59.2 Å². The molecule has 0 aliphatic rings. The monoisotopic (exact) mass is 465 g/mol. The first kappa shape index (κ1) is 25.5. The van der Waals surface area contributed by atoms with E-state index in [1.165, 1.54) is 36.4 Å². The number of hydrogen-bond acceptors (Lipinski definition) is 6. The maximum atomic E-state index is 13.5. The van der Waals surface area contributed by atoms with Crippen LogP contribution in [-0.4, -0.2) is 49.3 Å². The summed E-state index contributed by atoms with van der Waals surface area (Å²) in [6.07, 6.45) is 1.37. The number of phenolic OH excluding ortho intramolecular Hbond substituents is 1. The third kappa shape index (κ3) is 6.86. The minimum absolute atomic E-state index is 0.0608. The molecule has 0 aliphatic carbocycles. The van der Waals surface area contributed by atoms with Crippen molar-refractivity contribution in [2.45, 2.75) is 49.6 Å². The second-order valence-electron chi connectivity index (χ2n) is 7.67. The lowest BCUT2D eigenvalue weighted by molar-refractivity contribution is -0.122. The van der Waals surface area contributed by atoms with E-state index < -0.39 is 34.6 Å². The summed E-state index contributed by atoms with van der Waals surface area (Å²) in [5.41, 5.74) is 0.877. The standard InChI is InChI=1S/C23H28FNO6S/c1-3-4-5-20(26)18-11-6-15(12-21(18)27)13-22(28)25-19(14-24)23(29)16-7-9-17(10-8-16)32(2,30)31/h6-12,19,23,27,29H,3-5,13-14H2,1-2H3,(H,25,28). The molecule has 7 nitrogen and oxygen atoms in total. The number of aliphatic hydroxyl groups excluding tert-OH is 1. The van der Waals surface area contributed by atoms with Crippen molar-refractivity contribution in [3.63, 3.8) is 0 Å². The van der Waals surface area contributed by atoms with Crippen molar-refractivity contribution in [2.75, 3.05) is 12.9 Å². The lowest BCUT2D eigenvalue weighted by atomic mass is 10.0. The van der Waals surface area contributed by atoms with E-state index in [2.05, 4.69) is 5.32 Å². The summed E-state index contributed by atoms with van der Waals surface area (Å²) in [6.45, 7) is 0.915. The van der Waals surface area contributed by atoms with E-state index in [0.29, 0.717) is 18.4 Å². The summed E-state index contributed by atoms with van der Waals surface area (Å²) in [4.78, 5) is 24.5. The van der Waals surface area contributed by atoms with E-state index in [-0.39, 0.29) is 34.0 Å². The molecule has 2 atom stereocenters. The molecule has 0 fully saturated rings. The zero-order valence-electron chi connectivity index (χ0n) is 18.0. The number of aliphatic hydroxyl groups is 1. The van der Waals surface area contributed by atoms with Crippen LogP contribution in [0.3, 0.4) is 0 Å². The highest BCUT2D eigenvalue weighted by atomic mass is 32.2. The van der Waals surface area contributed by atoms with Crippen LogP contribution in [-0.2, 0) is 21.1 Å². The number of unbranched alkanes of at least 4 members (excludes halogenated alkanes) is 1. The van der Waals surface area contributed by atoms with E-state index in [4.69, 9.17) is 0 Å². The van der Waals surface area contributed by atoms with Crippen molar-refractivity contribution in [1.29, 1.82) is 0 Å². The van der Waals surface area contributed by atoms with Crippen molar-refractivity contribution in [1.82, 2.24) is 5.32 Å². The van der Waals surface area contributed by atoms with Gasteiger partial charge in [0.1, 0.15) is 18.5 Å². The molecule has 32 heavy (non-hydrogen) atoms. The molecule has 9 heteroatoms. The number of rotatable bonds is 11. The Morgan fingerprint density at radius 3 is 2.31 bits per heavy atom. The molecule has 0 radical (unpaired) electrons. The van der Waals surface area contributed by atoms with Gasteiger partial charge in [-0.05, 0) is 41.8 Å². The van der Waals surface area contributed by atoms with E-state index in [1.54, 1.807) is 6.07 Å². The molecule has 3 N–H and O–H groups in total. The maximum Gasteiger partial charge on any atom is 0.224 e. The average Bonchev–Trinajstić information content (AvgIpc) is 2.75. The number of sulfone groups is 1. The second-order valence-corrected chi connectivity index (χ2v) is 9.69. The lowest BCUT2D eigenvalue weighted by Gasteiger charge is -2.22. The van der Waals surface area contributed by atoms with E-state index in [0.717, 1.165) is 12.7 Å². The first-order valence-corrected chi connectivity index (χ1v) is 12.1. The van der Waals surface area contributed by atoms with Crippen LogP contribution in [0.15, 0.2) is 47.4 Å². The third-order valence-electron chi connectivity index (χ3n) is 5.03. The zero-order chi connectivity index (χ0) is 23.9. The molecule has 0 aromatic heterocycles. The third-order valence-corrected chi connectivity index (χ3v) is 6.16. The van der Waals surface area contributed by atoms with Gasteiger partial charge in [0.15, 0.2) is 15.6 Å². The molecule has 0 bridgehead atoms. The number of hydrogen-bond donors (Lipinski definition) is 3. The molecule has 1 amide bonds. The van der Waals surface area contributed by atoms with Crippen molar-refractivity contribution >= 4 is 21.5 Å².